The molecule has 1 saturated carbocycles. The highest BCUT2D eigenvalue weighted by Gasteiger charge is 2.57. The van der Waals surface area contributed by atoms with Crippen molar-refractivity contribution in [2.45, 2.75) is 206 Å². The lowest BCUT2D eigenvalue weighted by atomic mass is 9.81. The summed E-state index contributed by atoms with van der Waals surface area (Å²) in [4.78, 5) is 63.0. The van der Waals surface area contributed by atoms with Crippen LogP contribution in [0.1, 0.15) is 133 Å². The van der Waals surface area contributed by atoms with Gasteiger partial charge in [0.25, 0.3) is 11.7 Å². The number of piperidine rings is 1. The molecule has 14 unspecified atom stereocenters. The fourth-order valence-electron chi connectivity index (χ4n) is 10.4. The number of fused-ring (bicyclic) bond motifs is 3. The van der Waals surface area contributed by atoms with Crippen molar-refractivity contribution in [3.05, 3.63) is 46.4 Å². The third-order valence-electron chi connectivity index (χ3n) is 15.4. The zero-order valence-corrected chi connectivity index (χ0v) is 44.0. The number of cyclic esters (lactones) is 1. The molecule has 14 atom stereocenters. The fraction of sp³-hybridized carbons (Fsp3) is 0.804. The van der Waals surface area contributed by atoms with Gasteiger partial charge in [-0.05, 0) is 119 Å². The van der Waals surface area contributed by atoms with Crippen molar-refractivity contribution in [3.8, 4) is 0 Å². The van der Waals surface area contributed by atoms with E-state index in [1.807, 2.05) is 27.7 Å². The van der Waals surface area contributed by atoms with Gasteiger partial charge in [0.2, 0.25) is 5.79 Å². The summed E-state index contributed by atoms with van der Waals surface area (Å²) in [6, 6.07) is -1.47. The molecule has 67 heavy (non-hydrogen) atoms. The molecule has 0 spiro atoms. The van der Waals surface area contributed by atoms with E-state index in [1.165, 1.54) is 4.90 Å². The zero-order valence-electron chi connectivity index (χ0n) is 43.0. The predicted octanol–water partition coefficient (Wildman–Crippen LogP) is 9.38. The van der Waals surface area contributed by atoms with Gasteiger partial charge in [-0.25, -0.2) is 4.79 Å². The molecule has 0 aromatic heterocycles. The Hall–Kier alpha value is -3.21. The number of aliphatic hydroxyl groups is 1. The molecule has 3 heterocycles. The Morgan fingerprint density at radius 3 is 2.30 bits per heavy atom. The van der Waals surface area contributed by atoms with Gasteiger partial charge in [-0.15, -0.1) is 6.58 Å². The number of Topliss-reactive ketones (excluding diaryl/α,β-unsaturated/α-hetero) is 2. The van der Waals surface area contributed by atoms with Gasteiger partial charge in [0.15, 0.2) is 8.32 Å². The van der Waals surface area contributed by atoms with Crippen LogP contribution >= 0.6 is 0 Å². The number of esters is 1. The molecule has 1 N–H and O–H groups in total. The van der Waals surface area contributed by atoms with E-state index in [9.17, 15) is 29.8 Å². The van der Waals surface area contributed by atoms with E-state index in [1.54, 1.807) is 27.2 Å². The van der Waals surface area contributed by atoms with Crippen molar-refractivity contribution in [1.82, 2.24) is 4.90 Å². The van der Waals surface area contributed by atoms with Crippen LogP contribution < -0.4 is 0 Å². The molecule has 3 aliphatic heterocycles. The van der Waals surface area contributed by atoms with Crippen LogP contribution in [0.4, 0.5) is 0 Å². The summed E-state index contributed by atoms with van der Waals surface area (Å²) in [5, 5.41) is 16.0. The minimum Gasteiger partial charge on any atom is -0.456 e. The average molecular weight is 957 g/mol. The van der Waals surface area contributed by atoms with Crippen molar-refractivity contribution in [1.29, 1.82) is 0 Å². The molecule has 4 rings (SSSR count). The third kappa shape index (κ3) is 14.0. The molecule has 0 radical (unpaired) electrons. The molecule has 1 aliphatic carbocycles. The largest absolute Gasteiger partial charge is 0.456 e. The maximum atomic E-state index is 14.9. The topological polar surface area (TPSA) is 196 Å². The summed E-state index contributed by atoms with van der Waals surface area (Å²) in [6.07, 6.45) is 7.13. The van der Waals surface area contributed by atoms with Crippen LogP contribution in [-0.4, -0.2) is 124 Å². The molecule has 0 aromatic carbocycles. The van der Waals surface area contributed by atoms with E-state index >= 15 is 0 Å². The fourth-order valence-corrected chi connectivity index (χ4v) is 11.8. The minimum atomic E-state index is -2.56. The molecule has 15 nitrogen and oxygen atoms in total. The van der Waals surface area contributed by atoms with E-state index in [2.05, 4.69) is 69.5 Å². The van der Waals surface area contributed by atoms with Gasteiger partial charge in [0, 0.05) is 49.9 Å². The zero-order chi connectivity index (χ0) is 50.0. The number of rotatable bonds is 11. The number of ketones is 2. The molecule has 3 fully saturated rings. The number of hydrogen-bond acceptors (Lipinski definition) is 12. The monoisotopic (exact) mass is 957 g/mol. The van der Waals surface area contributed by atoms with Crippen molar-refractivity contribution < 1.29 is 52.4 Å². The van der Waals surface area contributed by atoms with Gasteiger partial charge in [-0.3, -0.25) is 14.4 Å². The van der Waals surface area contributed by atoms with E-state index in [0.717, 1.165) is 11.1 Å². The molecule has 0 aromatic rings. The number of carbonyl (C=O) groups is 4. The second kappa shape index (κ2) is 24.6. The highest BCUT2D eigenvalue weighted by molar-refractivity contribution is 6.74. The van der Waals surface area contributed by atoms with Gasteiger partial charge >= 0.3 is 5.97 Å². The summed E-state index contributed by atoms with van der Waals surface area (Å²) < 4.78 is 38.2. The Morgan fingerprint density at radius 1 is 1.01 bits per heavy atom. The highest BCUT2D eigenvalue weighted by atomic mass is 28.4. The summed E-state index contributed by atoms with van der Waals surface area (Å²) in [5.74, 6) is -7.08. The van der Waals surface area contributed by atoms with Gasteiger partial charge in [-0.1, -0.05) is 77.4 Å². The van der Waals surface area contributed by atoms with E-state index in [4.69, 9.17) is 28.1 Å². The number of nitrogens with zero attached hydrogens (tertiary/aromatic N) is 4. The lowest BCUT2D eigenvalue weighted by Crippen LogP contribution is -2.64. The van der Waals surface area contributed by atoms with Crippen LogP contribution in [0.15, 0.2) is 41.1 Å². The molecule has 2 saturated heterocycles. The minimum absolute atomic E-state index is 0.0276. The highest BCUT2D eigenvalue weighted by Crippen LogP contribution is 2.42. The Labute approximate surface area is 401 Å². The normalized spacial score (nSPS) is 36.2. The van der Waals surface area contributed by atoms with Crippen molar-refractivity contribution >= 4 is 31.8 Å². The maximum absolute atomic E-state index is 14.9. The Balaban J connectivity index is 1.89. The maximum Gasteiger partial charge on any atom is 0.329 e. The Morgan fingerprint density at radius 2 is 1.69 bits per heavy atom. The van der Waals surface area contributed by atoms with Crippen LogP contribution in [0.25, 0.3) is 10.4 Å². The Kier molecular flexibility index (Phi) is 20.7. The second-order valence-electron chi connectivity index (χ2n) is 21.6. The molecule has 4 aliphatic rings. The lowest BCUT2D eigenvalue weighted by Gasteiger charge is -2.47. The van der Waals surface area contributed by atoms with Crippen molar-refractivity contribution in [2.75, 3.05) is 27.4 Å². The first-order valence-corrected chi connectivity index (χ1v) is 27.7. The number of amides is 1. The van der Waals surface area contributed by atoms with Gasteiger partial charge < -0.3 is 38.1 Å². The summed E-state index contributed by atoms with van der Waals surface area (Å²) in [5.41, 5.74) is 11.1. The third-order valence-corrected chi connectivity index (χ3v) is 19.9. The Bertz CT molecular complexity index is 1840. The second-order valence-corrected chi connectivity index (χ2v) is 26.4. The van der Waals surface area contributed by atoms with Gasteiger partial charge in [0.1, 0.15) is 24.0 Å². The summed E-state index contributed by atoms with van der Waals surface area (Å²) in [6.45, 7) is 26.6. The number of allylic oxidation sites excluding steroid dienone is 3. The SMILES string of the molecule is C=CCOC1CC(C=C(C)C2OC(=O)C3CCCCN3C(=O)C(=O)C3(O)OC(C(OC)CC(C)CC(C)=CC(CC)C(=O)CC(O[Si](C)(C)C(C)(C)C)C2C)C(OC)CC3C)CCC1N=[N+]=[N-]. The predicted molar refractivity (Wildman–Crippen MR) is 260 cm³/mol. The standard InChI is InChI=1S/C51H84N4O11Si/c1-15-23-63-42-29-36(20-21-38(42)53-54-52)27-33(5)45-35(7)41(66-67(13,14)50(8,9)10)30-40(56)37(16-2)25-31(3)24-32(4)26-43(61-11)46-44(62-12)28-34(6)51(60,65-46)47(57)48(58)55-22-18-17-19-39(55)49(59)64-45/h15,25,27,32,34-39,41-46,60H,1,16-24,26,28-30H2,2-14H3. The quantitative estimate of drug-likeness (QED) is 0.0394. The number of azide groups is 1. The number of methoxy groups -OCH3 is 2. The average Bonchev–Trinajstić information content (AvgIpc) is 3.28. The van der Waals surface area contributed by atoms with Crippen LogP contribution in [0, 0.1) is 29.6 Å². The summed E-state index contributed by atoms with van der Waals surface area (Å²) >= 11 is 0. The molecule has 378 valence electrons. The summed E-state index contributed by atoms with van der Waals surface area (Å²) in [7, 11) is 0.544. The van der Waals surface area contributed by atoms with Gasteiger partial charge in [0.05, 0.1) is 37.1 Å². The van der Waals surface area contributed by atoms with Crippen LogP contribution in [0.3, 0.4) is 0 Å². The van der Waals surface area contributed by atoms with E-state index < -0.39 is 86.1 Å². The smallest absolute Gasteiger partial charge is 0.329 e. The molecule has 16 heteroatoms. The van der Waals surface area contributed by atoms with Crippen molar-refractivity contribution in [3.63, 3.8) is 0 Å². The molecular formula is C51H84N4O11Si. The van der Waals surface area contributed by atoms with Crippen LogP contribution in [-0.2, 0) is 47.3 Å². The number of ether oxygens (including phenoxy) is 5. The lowest BCUT2D eigenvalue weighted by molar-refractivity contribution is -0.302. The van der Waals surface area contributed by atoms with Crippen LogP contribution in [0.2, 0.25) is 18.1 Å². The van der Waals surface area contributed by atoms with E-state index in [0.29, 0.717) is 58.0 Å². The first-order valence-electron chi connectivity index (χ1n) is 24.8. The van der Waals surface area contributed by atoms with E-state index in [-0.39, 0.29) is 60.6 Å². The first kappa shape index (κ1) is 56.4. The first-order chi connectivity index (χ1) is 31.5. The molecular weight excluding hydrogens is 873 g/mol. The molecule has 2 bridgehead atoms. The molecule has 1 amide bonds. The number of carbonyl (C=O) groups excluding carboxylic acids is 4. The van der Waals surface area contributed by atoms with Crippen LogP contribution in [0.5, 0.6) is 0 Å². The van der Waals surface area contributed by atoms with Gasteiger partial charge in [-0.2, -0.15) is 0 Å². The number of hydrogen-bond donors (Lipinski definition) is 1. The van der Waals surface area contributed by atoms with Crippen molar-refractivity contribution in [2.24, 2.45) is 34.7 Å².